The number of rotatable bonds is 4. The van der Waals surface area contributed by atoms with E-state index in [1.807, 2.05) is 0 Å². The van der Waals surface area contributed by atoms with Crippen LogP contribution in [0, 0.1) is 6.92 Å². The van der Waals surface area contributed by atoms with Crippen LogP contribution in [0.1, 0.15) is 21.9 Å². The molecular weight excluding hydrogens is 411 g/mol. The van der Waals surface area contributed by atoms with Gasteiger partial charge in [0.15, 0.2) is 5.76 Å². The van der Waals surface area contributed by atoms with Crippen molar-refractivity contribution in [3.63, 3.8) is 0 Å². The minimum absolute atomic E-state index is 0.107. The first-order valence-electron chi connectivity index (χ1n) is 8.89. The van der Waals surface area contributed by atoms with Crippen LogP contribution in [0.3, 0.4) is 0 Å². The van der Waals surface area contributed by atoms with Crippen LogP contribution in [0.4, 0.5) is 18.9 Å². The first kappa shape index (κ1) is 21.2. The molecular formula is C19H19ClF3N3O3. The van der Waals surface area contributed by atoms with E-state index in [2.05, 4.69) is 5.32 Å². The van der Waals surface area contributed by atoms with Crippen LogP contribution >= 0.6 is 11.6 Å². The Bertz CT molecular complexity index is 906. The van der Waals surface area contributed by atoms with E-state index >= 15 is 0 Å². The second kappa shape index (κ2) is 8.46. The maximum absolute atomic E-state index is 13.1. The van der Waals surface area contributed by atoms with Gasteiger partial charge in [-0.1, -0.05) is 17.7 Å². The van der Waals surface area contributed by atoms with E-state index in [0.717, 1.165) is 6.07 Å². The van der Waals surface area contributed by atoms with Crippen molar-refractivity contribution in [3.8, 4) is 0 Å². The third kappa shape index (κ3) is 5.10. The van der Waals surface area contributed by atoms with Crippen molar-refractivity contribution in [2.75, 3.05) is 38.0 Å². The molecule has 29 heavy (non-hydrogen) atoms. The summed E-state index contributed by atoms with van der Waals surface area (Å²) in [5.41, 5.74) is -1.45. The van der Waals surface area contributed by atoms with Crippen LogP contribution in [0.5, 0.6) is 0 Å². The lowest BCUT2D eigenvalue weighted by atomic mass is 10.1. The Kier molecular flexibility index (Phi) is 6.18. The number of amides is 2. The summed E-state index contributed by atoms with van der Waals surface area (Å²) in [7, 11) is 0. The normalized spacial score (nSPS) is 15.4. The molecule has 6 nitrogen and oxygen atoms in total. The number of furan rings is 1. The Morgan fingerprint density at radius 1 is 1.14 bits per heavy atom. The molecule has 1 N–H and O–H groups in total. The monoisotopic (exact) mass is 429 g/mol. The van der Waals surface area contributed by atoms with Gasteiger partial charge in [-0.05, 0) is 31.2 Å². The fraction of sp³-hybridized carbons (Fsp3) is 0.368. The molecule has 0 atom stereocenters. The molecule has 1 aromatic carbocycles. The molecule has 0 aliphatic carbocycles. The minimum atomic E-state index is -4.64. The number of aryl methyl sites for hydroxylation is 1. The number of piperazine rings is 1. The SMILES string of the molecule is Cc1ccc(C(=O)N2CCN(CC(=O)Nc3c(Cl)cccc3C(F)(F)F)CC2)o1. The lowest BCUT2D eigenvalue weighted by Crippen LogP contribution is -2.50. The Morgan fingerprint density at radius 2 is 1.83 bits per heavy atom. The van der Waals surface area contributed by atoms with E-state index in [1.54, 1.807) is 28.9 Å². The highest BCUT2D eigenvalue weighted by atomic mass is 35.5. The van der Waals surface area contributed by atoms with Gasteiger partial charge in [0, 0.05) is 26.2 Å². The zero-order valence-corrected chi connectivity index (χ0v) is 16.3. The molecule has 10 heteroatoms. The number of hydrogen-bond acceptors (Lipinski definition) is 4. The molecule has 0 saturated carbocycles. The summed E-state index contributed by atoms with van der Waals surface area (Å²) >= 11 is 5.85. The third-order valence-corrected chi connectivity index (χ3v) is 4.88. The summed E-state index contributed by atoms with van der Waals surface area (Å²) in [5, 5.41) is 2.08. The zero-order valence-electron chi connectivity index (χ0n) is 15.6. The van der Waals surface area contributed by atoms with Crippen molar-refractivity contribution in [1.82, 2.24) is 9.80 Å². The van der Waals surface area contributed by atoms with Crippen LogP contribution in [0.25, 0.3) is 0 Å². The van der Waals surface area contributed by atoms with Gasteiger partial charge in [0.1, 0.15) is 5.76 Å². The first-order valence-corrected chi connectivity index (χ1v) is 9.26. The van der Waals surface area contributed by atoms with E-state index in [9.17, 15) is 22.8 Å². The van der Waals surface area contributed by atoms with Gasteiger partial charge in [0.25, 0.3) is 5.91 Å². The molecule has 0 radical (unpaired) electrons. The van der Waals surface area contributed by atoms with Crippen molar-refractivity contribution < 1.29 is 27.2 Å². The van der Waals surface area contributed by atoms with Crippen molar-refractivity contribution in [1.29, 1.82) is 0 Å². The van der Waals surface area contributed by atoms with Crippen molar-refractivity contribution in [2.24, 2.45) is 0 Å². The molecule has 1 aromatic heterocycles. The maximum atomic E-state index is 13.1. The highest BCUT2D eigenvalue weighted by molar-refractivity contribution is 6.34. The smallest absolute Gasteiger partial charge is 0.418 e. The molecule has 1 aliphatic rings. The number of nitrogens with zero attached hydrogens (tertiary/aromatic N) is 2. The van der Waals surface area contributed by atoms with Crippen LogP contribution in [0.2, 0.25) is 5.02 Å². The predicted molar refractivity (Wildman–Crippen MR) is 101 cm³/mol. The van der Waals surface area contributed by atoms with E-state index in [0.29, 0.717) is 31.9 Å². The van der Waals surface area contributed by atoms with Gasteiger partial charge in [-0.3, -0.25) is 14.5 Å². The van der Waals surface area contributed by atoms with Crippen LogP contribution in [0.15, 0.2) is 34.7 Å². The Balaban J connectivity index is 1.56. The fourth-order valence-corrected chi connectivity index (χ4v) is 3.31. The lowest BCUT2D eigenvalue weighted by Gasteiger charge is -2.33. The van der Waals surface area contributed by atoms with Crippen molar-refractivity contribution >= 4 is 29.1 Å². The fourth-order valence-electron chi connectivity index (χ4n) is 3.08. The highest BCUT2D eigenvalue weighted by Gasteiger charge is 2.35. The maximum Gasteiger partial charge on any atom is 0.418 e. The number of nitrogens with one attached hydrogen (secondary N) is 1. The average Bonchev–Trinajstić information content (AvgIpc) is 3.09. The van der Waals surface area contributed by atoms with Gasteiger partial charge in [0.2, 0.25) is 5.91 Å². The van der Waals surface area contributed by atoms with E-state index in [4.69, 9.17) is 16.0 Å². The molecule has 0 unspecified atom stereocenters. The second-order valence-corrected chi connectivity index (χ2v) is 7.09. The number of carbonyl (C=O) groups excluding carboxylic acids is 2. The predicted octanol–water partition coefficient (Wildman–Crippen LogP) is 3.66. The minimum Gasteiger partial charge on any atom is -0.456 e. The molecule has 1 saturated heterocycles. The van der Waals surface area contributed by atoms with Crippen molar-refractivity contribution in [3.05, 3.63) is 52.4 Å². The summed E-state index contributed by atoms with van der Waals surface area (Å²) in [6, 6.07) is 6.64. The number of carbonyl (C=O) groups is 2. The first-order chi connectivity index (χ1) is 13.6. The Morgan fingerprint density at radius 3 is 2.41 bits per heavy atom. The molecule has 1 fully saturated rings. The van der Waals surface area contributed by atoms with Crippen LogP contribution in [-0.4, -0.2) is 54.3 Å². The molecule has 2 aromatic rings. The second-order valence-electron chi connectivity index (χ2n) is 6.69. The van der Waals surface area contributed by atoms with Gasteiger partial charge in [0.05, 0.1) is 22.8 Å². The Labute approximate surface area is 170 Å². The molecule has 0 spiro atoms. The van der Waals surface area contributed by atoms with Gasteiger partial charge in [-0.2, -0.15) is 13.2 Å². The highest BCUT2D eigenvalue weighted by Crippen LogP contribution is 2.38. The number of hydrogen-bond donors (Lipinski definition) is 1. The number of benzene rings is 1. The van der Waals surface area contributed by atoms with Crippen molar-refractivity contribution in [2.45, 2.75) is 13.1 Å². The number of para-hydroxylation sites is 1. The standard InChI is InChI=1S/C19H19ClF3N3O3/c1-12-5-6-15(29-12)18(28)26-9-7-25(8-10-26)11-16(27)24-17-13(19(21,22)23)3-2-4-14(17)20/h2-6H,7-11H2,1H3,(H,24,27). The summed E-state index contributed by atoms with van der Waals surface area (Å²) in [5.74, 6) is 0.0617. The number of anilines is 1. The Hall–Kier alpha value is -2.52. The zero-order chi connectivity index (χ0) is 21.2. The van der Waals surface area contributed by atoms with Crippen LogP contribution < -0.4 is 5.32 Å². The largest absolute Gasteiger partial charge is 0.456 e. The number of halogens is 4. The number of alkyl halides is 3. The third-order valence-electron chi connectivity index (χ3n) is 4.56. The lowest BCUT2D eigenvalue weighted by molar-refractivity contribution is -0.137. The van der Waals surface area contributed by atoms with Gasteiger partial charge >= 0.3 is 6.18 Å². The summed E-state index contributed by atoms with van der Waals surface area (Å²) in [6.45, 7) is 3.22. The molecule has 2 amide bonds. The molecule has 0 bridgehead atoms. The van der Waals surface area contributed by atoms with E-state index in [1.165, 1.54) is 12.1 Å². The van der Waals surface area contributed by atoms with Gasteiger partial charge in [-0.15, -0.1) is 0 Å². The van der Waals surface area contributed by atoms with E-state index in [-0.39, 0.29) is 23.2 Å². The van der Waals surface area contributed by atoms with Crippen LogP contribution in [-0.2, 0) is 11.0 Å². The summed E-state index contributed by atoms with van der Waals surface area (Å²) in [6.07, 6.45) is -4.64. The molecule has 156 valence electrons. The summed E-state index contributed by atoms with van der Waals surface area (Å²) < 4.78 is 44.7. The average molecular weight is 430 g/mol. The van der Waals surface area contributed by atoms with Gasteiger partial charge in [-0.25, -0.2) is 0 Å². The topological polar surface area (TPSA) is 65.8 Å². The quantitative estimate of drug-likeness (QED) is 0.805. The molecule has 1 aliphatic heterocycles. The van der Waals surface area contributed by atoms with Gasteiger partial charge < -0.3 is 14.6 Å². The summed E-state index contributed by atoms with van der Waals surface area (Å²) in [4.78, 5) is 28.0. The molecule has 3 rings (SSSR count). The molecule has 2 heterocycles. The van der Waals surface area contributed by atoms with E-state index < -0.39 is 23.3 Å².